The largest absolute Gasteiger partial charge is 0.351 e. The van der Waals surface area contributed by atoms with Crippen LogP contribution in [0.3, 0.4) is 0 Å². The van der Waals surface area contributed by atoms with E-state index in [2.05, 4.69) is 20.1 Å². The molecule has 5 nitrogen and oxygen atoms in total. The average molecular weight is 251 g/mol. The number of nitrogens with one attached hydrogen (secondary N) is 3. The lowest BCUT2D eigenvalue weighted by molar-refractivity contribution is 0.0972. The number of amides is 1. The van der Waals surface area contributed by atoms with E-state index in [1.165, 1.54) is 7.05 Å². The molecule has 0 atom stereocenters. The second-order valence-electron chi connectivity index (χ2n) is 3.39. The zero-order valence-corrected chi connectivity index (χ0v) is 9.88. The van der Waals surface area contributed by atoms with Gasteiger partial charge in [0.25, 0.3) is 5.91 Å². The highest BCUT2D eigenvalue weighted by Gasteiger charge is 2.10. The van der Waals surface area contributed by atoms with Crippen LogP contribution in [0.5, 0.6) is 0 Å². The Kier molecular flexibility index (Phi) is 3.30. The molecule has 1 heterocycles. The van der Waals surface area contributed by atoms with Gasteiger partial charge in [-0.3, -0.25) is 19.9 Å². The van der Waals surface area contributed by atoms with Crippen LogP contribution in [0.2, 0.25) is 0 Å². The van der Waals surface area contributed by atoms with Crippen molar-refractivity contribution in [2.24, 2.45) is 4.99 Å². The summed E-state index contributed by atoms with van der Waals surface area (Å²) in [5.41, 5.74) is 1.37. The molecule has 0 fully saturated rings. The van der Waals surface area contributed by atoms with Gasteiger partial charge in [0, 0.05) is 29.7 Å². The first-order valence-electron chi connectivity index (χ1n) is 4.97. The molecule has 0 aliphatic carbocycles. The standard InChI is InChI=1S/C11H11ClN4O/c1-13-11(16-12)15-10(17)9-6-7-4-2-3-5-8(7)14-9/h2-6,14H,1H3,(H2,13,15,16,17). The monoisotopic (exact) mass is 250 g/mol. The first-order chi connectivity index (χ1) is 8.24. The average Bonchev–Trinajstić information content (AvgIpc) is 2.79. The number of benzene rings is 1. The van der Waals surface area contributed by atoms with Gasteiger partial charge in [-0.1, -0.05) is 18.2 Å². The van der Waals surface area contributed by atoms with Crippen LogP contribution in [0, 0.1) is 0 Å². The van der Waals surface area contributed by atoms with Crippen molar-refractivity contribution >= 4 is 34.5 Å². The summed E-state index contributed by atoms with van der Waals surface area (Å²) in [4.78, 5) is 20.8. The fourth-order valence-electron chi connectivity index (χ4n) is 1.49. The Labute approximate surface area is 103 Å². The summed E-state index contributed by atoms with van der Waals surface area (Å²) in [5.74, 6) is -0.0923. The summed E-state index contributed by atoms with van der Waals surface area (Å²) >= 11 is 5.37. The Morgan fingerprint density at radius 3 is 2.82 bits per heavy atom. The van der Waals surface area contributed by atoms with Gasteiger partial charge < -0.3 is 4.98 Å². The second kappa shape index (κ2) is 4.88. The van der Waals surface area contributed by atoms with E-state index in [0.29, 0.717) is 5.69 Å². The lowest BCUT2D eigenvalue weighted by Crippen LogP contribution is -2.36. The molecule has 0 spiro atoms. The number of fused-ring (bicyclic) bond motifs is 1. The number of carbonyl (C=O) groups is 1. The molecule has 0 unspecified atom stereocenters. The van der Waals surface area contributed by atoms with Gasteiger partial charge in [-0.2, -0.15) is 0 Å². The summed E-state index contributed by atoms with van der Waals surface area (Å²) in [6.07, 6.45) is 0. The second-order valence-corrected chi connectivity index (χ2v) is 3.58. The van der Waals surface area contributed by atoms with Crippen LogP contribution >= 0.6 is 11.8 Å². The number of aliphatic imine (C=N–C) groups is 1. The highest BCUT2D eigenvalue weighted by Crippen LogP contribution is 2.14. The van der Waals surface area contributed by atoms with Crippen LogP contribution < -0.4 is 10.2 Å². The van der Waals surface area contributed by atoms with Crippen molar-refractivity contribution in [1.29, 1.82) is 0 Å². The molecule has 0 saturated carbocycles. The van der Waals surface area contributed by atoms with Crippen molar-refractivity contribution in [3.8, 4) is 0 Å². The lowest BCUT2D eigenvalue weighted by atomic mass is 10.2. The number of carbonyl (C=O) groups excluding carboxylic acids is 1. The number of H-pyrrole nitrogens is 1. The molecule has 3 N–H and O–H groups in total. The minimum absolute atomic E-state index is 0.204. The Morgan fingerprint density at radius 1 is 1.41 bits per heavy atom. The van der Waals surface area contributed by atoms with Crippen molar-refractivity contribution < 1.29 is 4.79 Å². The predicted molar refractivity (Wildman–Crippen MR) is 68.1 cm³/mol. The molecule has 17 heavy (non-hydrogen) atoms. The number of rotatable bonds is 1. The quantitative estimate of drug-likeness (QED) is 0.409. The molecule has 88 valence electrons. The molecular formula is C11H11ClN4O. The first kappa shape index (κ1) is 11.5. The van der Waals surface area contributed by atoms with Gasteiger partial charge in [0.15, 0.2) is 0 Å². The Balaban J connectivity index is 2.25. The van der Waals surface area contributed by atoms with Crippen LogP contribution in [-0.4, -0.2) is 23.9 Å². The Morgan fingerprint density at radius 2 is 2.18 bits per heavy atom. The highest BCUT2D eigenvalue weighted by molar-refractivity contribution is 6.24. The minimum atomic E-state index is -0.296. The molecule has 0 saturated heterocycles. The fourth-order valence-corrected chi connectivity index (χ4v) is 1.62. The van der Waals surface area contributed by atoms with Crippen LogP contribution in [0.1, 0.15) is 10.5 Å². The molecular weight excluding hydrogens is 240 g/mol. The highest BCUT2D eigenvalue weighted by atomic mass is 35.5. The number of hydrogen-bond acceptors (Lipinski definition) is 2. The lowest BCUT2D eigenvalue weighted by Gasteiger charge is -2.03. The molecule has 6 heteroatoms. The van der Waals surface area contributed by atoms with Gasteiger partial charge in [-0.25, -0.2) is 0 Å². The summed E-state index contributed by atoms with van der Waals surface area (Å²) in [5, 5.41) is 3.51. The van der Waals surface area contributed by atoms with E-state index in [1.807, 2.05) is 24.3 Å². The van der Waals surface area contributed by atoms with Gasteiger partial charge in [-0.15, -0.1) is 0 Å². The van der Waals surface area contributed by atoms with Crippen molar-refractivity contribution in [3.05, 3.63) is 36.0 Å². The van der Waals surface area contributed by atoms with E-state index >= 15 is 0 Å². The SMILES string of the molecule is CN=C(NCl)NC(=O)c1cc2ccccc2[nH]1. The zero-order valence-electron chi connectivity index (χ0n) is 9.12. The normalized spacial score (nSPS) is 11.5. The maximum atomic E-state index is 11.8. The molecule has 0 aliphatic rings. The van der Waals surface area contributed by atoms with E-state index in [-0.39, 0.29) is 11.9 Å². The molecule has 0 bridgehead atoms. The number of guanidine groups is 1. The molecule has 1 aromatic carbocycles. The fraction of sp³-hybridized carbons (Fsp3) is 0.0909. The molecule has 0 radical (unpaired) electrons. The Bertz CT molecular complexity index is 543. The first-order valence-corrected chi connectivity index (χ1v) is 5.35. The van der Waals surface area contributed by atoms with Gasteiger partial charge in [0.1, 0.15) is 5.69 Å². The summed E-state index contributed by atoms with van der Waals surface area (Å²) in [6.45, 7) is 0. The van der Waals surface area contributed by atoms with Gasteiger partial charge in [-0.05, 0) is 12.1 Å². The van der Waals surface area contributed by atoms with Crippen LogP contribution in [0.4, 0.5) is 0 Å². The zero-order chi connectivity index (χ0) is 12.3. The van der Waals surface area contributed by atoms with Gasteiger partial charge >= 0.3 is 0 Å². The minimum Gasteiger partial charge on any atom is -0.351 e. The summed E-state index contributed by atoms with van der Waals surface area (Å²) < 4.78 is 0. The third-order valence-electron chi connectivity index (χ3n) is 2.32. The summed E-state index contributed by atoms with van der Waals surface area (Å²) in [7, 11) is 1.52. The van der Waals surface area contributed by atoms with Crippen molar-refractivity contribution in [1.82, 2.24) is 15.1 Å². The molecule has 1 amide bonds. The van der Waals surface area contributed by atoms with E-state index < -0.39 is 0 Å². The molecule has 2 aromatic rings. The van der Waals surface area contributed by atoms with Crippen LogP contribution in [-0.2, 0) is 0 Å². The predicted octanol–water partition coefficient (Wildman–Crippen LogP) is 1.63. The third kappa shape index (κ3) is 2.39. The molecule has 0 aliphatic heterocycles. The van der Waals surface area contributed by atoms with Crippen LogP contribution in [0.15, 0.2) is 35.3 Å². The number of aromatic amines is 1. The molecule has 1 aromatic heterocycles. The van der Waals surface area contributed by atoms with E-state index in [4.69, 9.17) is 11.8 Å². The topological polar surface area (TPSA) is 69.3 Å². The number of para-hydroxylation sites is 1. The van der Waals surface area contributed by atoms with E-state index in [9.17, 15) is 4.79 Å². The van der Waals surface area contributed by atoms with E-state index in [1.54, 1.807) is 6.07 Å². The smallest absolute Gasteiger partial charge is 0.274 e. The maximum absolute atomic E-state index is 11.8. The number of aromatic nitrogens is 1. The third-order valence-corrected chi connectivity index (χ3v) is 2.50. The van der Waals surface area contributed by atoms with Gasteiger partial charge in [0.05, 0.1) is 0 Å². The van der Waals surface area contributed by atoms with Crippen molar-refractivity contribution in [2.75, 3.05) is 7.05 Å². The Hall–Kier alpha value is -2.01. The number of halogens is 1. The number of nitrogens with zero attached hydrogens (tertiary/aromatic N) is 1. The van der Waals surface area contributed by atoms with Crippen molar-refractivity contribution in [2.45, 2.75) is 0 Å². The van der Waals surface area contributed by atoms with Crippen molar-refractivity contribution in [3.63, 3.8) is 0 Å². The number of hydrogen-bond donors (Lipinski definition) is 3. The van der Waals surface area contributed by atoms with Crippen LogP contribution in [0.25, 0.3) is 10.9 Å². The van der Waals surface area contributed by atoms with E-state index in [0.717, 1.165) is 10.9 Å². The van der Waals surface area contributed by atoms with Gasteiger partial charge in [0.2, 0.25) is 5.96 Å². The summed E-state index contributed by atoms with van der Waals surface area (Å²) in [6, 6.07) is 9.42. The maximum Gasteiger partial charge on any atom is 0.274 e. The molecule has 2 rings (SSSR count).